The minimum atomic E-state index is -3.48. The summed E-state index contributed by atoms with van der Waals surface area (Å²) in [5, 5.41) is 1.81. The van der Waals surface area contributed by atoms with Crippen LogP contribution >= 0.6 is 11.3 Å². The highest BCUT2D eigenvalue weighted by Gasteiger charge is 2.34. The molecule has 1 aromatic heterocycles. The number of likely N-dealkylation sites (N-methyl/N-ethyl adjacent to an activating group) is 1. The van der Waals surface area contributed by atoms with Crippen molar-refractivity contribution in [1.29, 1.82) is 0 Å². The molecule has 0 unspecified atom stereocenters. The number of rotatable bonds is 9. The van der Waals surface area contributed by atoms with E-state index in [4.69, 9.17) is 4.74 Å². The minimum Gasteiger partial charge on any atom is -0.465 e. The molecule has 1 saturated heterocycles. The average Bonchev–Trinajstić information content (AvgIpc) is 3.30. The molecule has 1 fully saturated rings. The van der Waals surface area contributed by atoms with Gasteiger partial charge in [0.15, 0.2) is 0 Å². The van der Waals surface area contributed by atoms with Gasteiger partial charge in [0, 0.05) is 38.8 Å². The van der Waals surface area contributed by atoms with Gasteiger partial charge < -0.3 is 9.64 Å². The number of carbonyl (C=O) groups excluding carboxylic acids is 1. The number of hydrogen-bond donors (Lipinski definition) is 0. The van der Waals surface area contributed by atoms with E-state index >= 15 is 0 Å². The number of ether oxygens (including phenoxy) is 1. The summed E-state index contributed by atoms with van der Waals surface area (Å²) >= 11 is 1.28. The van der Waals surface area contributed by atoms with Crippen molar-refractivity contribution in [2.24, 2.45) is 0 Å². The highest BCUT2D eigenvalue weighted by atomic mass is 32.2. The minimum absolute atomic E-state index is 0.00463. The average molecular weight is 466 g/mol. The summed E-state index contributed by atoms with van der Waals surface area (Å²) in [5.74, 6) is -0.336. The quantitative estimate of drug-likeness (QED) is 0.531. The van der Waals surface area contributed by atoms with E-state index in [-0.39, 0.29) is 12.0 Å². The first kappa shape index (κ1) is 23.9. The molecule has 0 atom stereocenters. The zero-order chi connectivity index (χ0) is 22.4. The van der Waals surface area contributed by atoms with E-state index < -0.39 is 10.0 Å². The molecule has 9 heteroatoms. The molecule has 31 heavy (non-hydrogen) atoms. The summed E-state index contributed by atoms with van der Waals surface area (Å²) in [4.78, 5) is 15.9. The van der Waals surface area contributed by atoms with Gasteiger partial charge in [-0.3, -0.25) is 4.90 Å². The van der Waals surface area contributed by atoms with Crippen molar-refractivity contribution in [2.45, 2.75) is 29.6 Å². The number of piperidine rings is 1. The number of esters is 1. The van der Waals surface area contributed by atoms with Crippen LogP contribution in [0.15, 0.2) is 46.0 Å². The molecule has 2 aromatic rings. The van der Waals surface area contributed by atoms with E-state index in [1.54, 1.807) is 28.6 Å². The molecule has 3 rings (SSSR count). The standard InChI is InChI=1S/C22H31N3O4S2/c1-23(2)14-15-25(31(27,28)21-5-4-16-30-21)20-10-12-24(13-11-20)17-18-6-8-19(9-7-18)22(26)29-3/h4-9,16,20H,10-15,17H2,1-3H3. The van der Waals surface area contributed by atoms with Crippen LogP contribution in [0.1, 0.15) is 28.8 Å². The first-order valence-corrected chi connectivity index (χ1v) is 12.7. The third-order valence-corrected chi connectivity index (χ3v) is 8.90. The second-order valence-corrected chi connectivity index (χ2v) is 11.1. The summed E-state index contributed by atoms with van der Waals surface area (Å²) in [6, 6.07) is 10.9. The SMILES string of the molecule is COC(=O)c1ccc(CN2CCC(N(CCN(C)C)S(=O)(=O)c3cccs3)CC2)cc1. The van der Waals surface area contributed by atoms with Crippen LogP contribution in [0.5, 0.6) is 0 Å². The number of thiophene rings is 1. The first-order valence-electron chi connectivity index (χ1n) is 10.4. The Balaban J connectivity index is 1.63. The molecule has 0 bridgehead atoms. The van der Waals surface area contributed by atoms with Gasteiger partial charge in [-0.1, -0.05) is 18.2 Å². The van der Waals surface area contributed by atoms with Crippen LogP contribution in [-0.2, 0) is 21.3 Å². The van der Waals surface area contributed by atoms with Crippen LogP contribution in [0, 0.1) is 0 Å². The predicted octanol–water partition coefficient (Wildman–Crippen LogP) is 2.75. The predicted molar refractivity (Wildman–Crippen MR) is 123 cm³/mol. The lowest BCUT2D eigenvalue weighted by Gasteiger charge is -2.38. The monoisotopic (exact) mass is 465 g/mol. The Bertz CT molecular complexity index is 936. The molecule has 170 valence electrons. The molecule has 0 aliphatic carbocycles. The maximum Gasteiger partial charge on any atom is 0.337 e. The fourth-order valence-electron chi connectivity index (χ4n) is 3.81. The number of likely N-dealkylation sites (tertiary alicyclic amines) is 1. The third-order valence-electron chi connectivity index (χ3n) is 5.57. The van der Waals surface area contributed by atoms with Gasteiger partial charge >= 0.3 is 5.97 Å². The van der Waals surface area contributed by atoms with Gasteiger partial charge in [0.2, 0.25) is 0 Å². The molecule has 1 aromatic carbocycles. The summed E-state index contributed by atoms with van der Waals surface area (Å²) in [6.07, 6.45) is 1.61. The van der Waals surface area contributed by atoms with E-state index in [2.05, 4.69) is 4.90 Å². The van der Waals surface area contributed by atoms with Gasteiger partial charge in [0.05, 0.1) is 12.7 Å². The summed E-state index contributed by atoms with van der Waals surface area (Å²) in [7, 11) is 1.82. The molecule has 1 aliphatic heterocycles. The van der Waals surface area contributed by atoms with Crippen LogP contribution in [0.25, 0.3) is 0 Å². The number of nitrogens with zero attached hydrogens (tertiary/aromatic N) is 3. The van der Waals surface area contributed by atoms with Gasteiger partial charge in [0.25, 0.3) is 10.0 Å². The van der Waals surface area contributed by atoms with Crippen molar-refractivity contribution in [2.75, 3.05) is 47.4 Å². The fourth-order valence-corrected chi connectivity index (χ4v) is 6.61. The topological polar surface area (TPSA) is 70.2 Å². The van der Waals surface area contributed by atoms with E-state index in [9.17, 15) is 13.2 Å². The highest BCUT2D eigenvalue weighted by Crippen LogP contribution is 2.27. The van der Waals surface area contributed by atoms with Crippen LogP contribution in [-0.4, -0.2) is 81.9 Å². The Morgan fingerprint density at radius 2 is 1.81 bits per heavy atom. The van der Waals surface area contributed by atoms with Crippen LogP contribution in [0.2, 0.25) is 0 Å². The van der Waals surface area contributed by atoms with E-state index in [1.807, 2.05) is 36.5 Å². The summed E-state index contributed by atoms with van der Waals surface area (Å²) < 4.78 is 33.4. The molecule has 0 spiro atoms. The van der Waals surface area contributed by atoms with Gasteiger partial charge in [-0.2, -0.15) is 4.31 Å². The molecule has 2 heterocycles. The van der Waals surface area contributed by atoms with Crippen LogP contribution in [0.3, 0.4) is 0 Å². The lowest BCUT2D eigenvalue weighted by atomic mass is 10.0. The van der Waals surface area contributed by atoms with Crippen molar-refractivity contribution in [3.8, 4) is 0 Å². The zero-order valence-corrected chi connectivity index (χ0v) is 20.0. The highest BCUT2D eigenvalue weighted by molar-refractivity contribution is 7.91. The fraction of sp³-hybridized carbons (Fsp3) is 0.500. The smallest absolute Gasteiger partial charge is 0.337 e. The molecule has 0 saturated carbocycles. The second kappa shape index (κ2) is 10.7. The maximum absolute atomic E-state index is 13.3. The van der Waals surface area contributed by atoms with Crippen molar-refractivity contribution >= 4 is 27.3 Å². The van der Waals surface area contributed by atoms with Crippen molar-refractivity contribution < 1.29 is 17.9 Å². The van der Waals surface area contributed by atoms with Gasteiger partial charge in [-0.05, 0) is 56.1 Å². The van der Waals surface area contributed by atoms with Crippen LogP contribution in [0.4, 0.5) is 0 Å². The van der Waals surface area contributed by atoms with E-state index in [1.165, 1.54) is 18.4 Å². The Labute approximate surface area is 189 Å². The molecular weight excluding hydrogens is 434 g/mol. The zero-order valence-electron chi connectivity index (χ0n) is 18.4. The molecule has 1 aliphatic rings. The van der Waals surface area contributed by atoms with Crippen molar-refractivity contribution in [3.05, 3.63) is 52.9 Å². The Hall–Kier alpha value is -1.78. The summed E-state index contributed by atoms with van der Waals surface area (Å²) in [6.45, 7) is 3.64. The van der Waals surface area contributed by atoms with Crippen LogP contribution < -0.4 is 0 Å². The van der Waals surface area contributed by atoms with Gasteiger partial charge in [0.1, 0.15) is 4.21 Å². The molecule has 0 radical (unpaired) electrons. The second-order valence-electron chi connectivity index (χ2n) is 8.05. The normalized spacial score (nSPS) is 16.2. The number of methoxy groups -OCH3 is 1. The van der Waals surface area contributed by atoms with Gasteiger partial charge in [-0.15, -0.1) is 11.3 Å². The van der Waals surface area contributed by atoms with Gasteiger partial charge in [-0.25, -0.2) is 13.2 Å². The molecule has 0 amide bonds. The van der Waals surface area contributed by atoms with Crippen molar-refractivity contribution in [1.82, 2.24) is 14.1 Å². The first-order chi connectivity index (χ1) is 14.8. The Kier molecular flexibility index (Phi) is 8.23. The summed E-state index contributed by atoms with van der Waals surface area (Å²) in [5.41, 5.74) is 1.67. The number of sulfonamides is 1. The van der Waals surface area contributed by atoms with E-state index in [0.717, 1.165) is 38.0 Å². The molecular formula is C22H31N3O4S2. The molecule has 0 N–H and O–H groups in total. The lowest BCUT2D eigenvalue weighted by molar-refractivity contribution is 0.0600. The Morgan fingerprint density at radius 3 is 2.35 bits per heavy atom. The third kappa shape index (κ3) is 6.14. The molecule has 7 nitrogen and oxygen atoms in total. The number of hydrogen-bond acceptors (Lipinski definition) is 7. The number of carbonyl (C=O) groups is 1. The maximum atomic E-state index is 13.3. The number of benzene rings is 1. The lowest BCUT2D eigenvalue weighted by Crippen LogP contribution is -2.48. The van der Waals surface area contributed by atoms with Crippen molar-refractivity contribution in [3.63, 3.8) is 0 Å². The Morgan fingerprint density at radius 1 is 1.13 bits per heavy atom. The van der Waals surface area contributed by atoms with E-state index in [0.29, 0.717) is 22.9 Å². The largest absolute Gasteiger partial charge is 0.465 e.